The third kappa shape index (κ3) is 3.47. The molecule has 0 bridgehead atoms. The Balaban J connectivity index is 1.36. The lowest BCUT2D eigenvalue weighted by atomic mass is 10.1. The highest BCUT2D eigenvalue weighted by Crippen LogP contribution is 2.43. The van der Waals surface area contributed by atoms with E-state index in [4.69, 9.17) is 4.52 Å². The molecule has 5 rings (SSSR count). The van der Waals surface area contributed by atoms with Crippen molar-refractivity contribution in [2.45, 2.75) is 25.4 Å². The van der Waals surface area contributed by atoms with Gasteiger partial charge in [0.05, 0.1) is 23.4 Å². The molecule has 2 aromatic heterocycles. The Morgan fingerprint density at radius 1 is 1.23 bits per heavy atom. The van der Waals surface area contributed by atoms with Gasteiger partial charge in [-0.25, -0.2) is 9.07 Å². The number of para-hydroxylation sites is 1. The number of hydrogen-bond donors (Lipinski definition) is 1. The number of aromatic nitrogens is 4. The van der Waals surface area contributed by atoms with Crippen molar-refractivity contribution >= 4 is 11.6 Å². The number of rotatable bonds is 5. The summed E-state index contributed by atoms with van der Waals surface area (Å²) in [5, 5.41) is 11.1. The second-order valence-electron chi connectivity index (χ2n) is 7.31. The maximum Gasteiger partial charge on any atom is 0.258 e. The number of carbonyl (C=O) groups excluding carboxylic acids is 1. The van der Waals surface area contributed by atoms with E-state index in [0.29, 0.717) is 35.0 Å². The summed E-state index contributed by atoms with van der Waals surface area (Å²) < 4.78 is 20.0. The van der Waals surface area contributed by atoms with Crippen LogP contribution in [0.25, 0.3) is 17.1 Å². The first-order valence-corrected chi connectivity index (χ1v) is 9.58. The van der Waals surface area contributed by atoms with Crippen LogP contribution in [0.1, 0.15) is 34.2 Å². The fraction of sp³-hybridized carbons (Fsp3) is 0.182. The number of nitrogens with zero attached hydrogens (tertiary/aromatic N) is 4. The fourth-order valence-corrected chi connectivity index (χ4v) is 3.17. The smallest absolute Gasteiger partial charge is 0.258 e. The number of anilines is 1. The standard InChI is InChI=1S/C22H18FN5O2/c1-13-7-8-14(20-26-22(30-27-20)17-10-18(17)23)9-19(13)25-21(29)15-11-24-28(12-15)16-5-3-2-4-6-16/h2-9,11-12,17-18H,10H2,1H3,(H,25,29)/t17-,18-/m0/s1. The average Bonchev–Trinajstić information content (AvgIpc) is 3.17. The van der Waals surface area contributed by atoms with Crippen LogP contribution in [0.15, 0.2) is 65.4 Å². The number of benzene rings is 2. The lowest BCUT2D eigenvalue weighted by Crippen LogP contribution is -2.12. The Morgan fingerprint density at radius 2 is 2.03 bits per heavy atom. The summed E-state index contributed by atoms with van der Waals surface area (Å²) in [7, 11) is 0. The summed E-state index contributed by atoms with van der Waals surface area (Å²) >= 11 is 0. The zero-order valence-electron chi connectivity index (χ0n) is 16.1. The summed E-state index contributed by atoms with van der Waals surface area (Å²) in [6.07, 6.45) is 2.73. The van der Waals surface area contributed by atoms with E-state index in [1.54, 1.807) is 16.9 Å². The molecule has 8 heteroatoms. The Morgan fingerprint density at radius 3 is 2.80 bits per heavy atom. The Bertz CT molecular complexity index is 1220. The molecule has 1 aliphatic carbocycles. The minimum Gasteiger partial charge on any atom is -0.339 e. The SMILES string of the molecule is Cc1ccc(-c2noc([C@H]3C[C@@H]3F)n2)cc1NC(=O)c1cnn(-c2ccccc2)c1. The van der Waals surface area contributed by atoms with Crippen LogP contribution in [0, 0.1) is 6.92 Å². The number of carbonyl (C=O) groups is 1. The number of halogens is 1. The van der Waals surface area contributed by atoms with Gasteiger partial charge in [-0.2, -0.15) is 10.1 Å². The summed E-state index contributed by atoms with van der Waals surface area (Å²) in [6, 6.07) is 15.0. The zero-order chi connectivity index (χ0) is 20.7. The largest absolute Gasteiger partial charge is 0.339 e. The first-order valence-electron chi connectivity index (χ1n) is 9.58. The van der Waals surface area contributed by atoms with Crippen LogP contribution in [0.4, 0.5) is 10.1 Å². The van der Waals surface area contributed by atoms with Crippen molar-refractivity contribution in [2.75, 3.05) is 5.32 Å². The minimum atomic E-state index is -0.900. The molecule has 1 saturated carbocycles. The molecule has 1 aliphatic rings. The van der Waals surface area contributed by atoms with Crippen LogP contribution in [0.5, 0.6) is 0 Å². The predicted octanol–water partition coefficient (Wildman–Crippen LogP) is 4.31. The van der Waals surface area contributed by atoms with Gasteiger partial charge in [-0.1, -0.05) is 35.5 Å². The second-order valence-corrected chi connectivity index (χ2v) is 7.31. The van der Waals surface area contributed by atoms with Crippen LogP contribution < -0.4 is 5.32 Å². The summed E-state index contributed by atoms with van der Waals surface area (Å²) in [5.41, 5.74) is 3.51. The van der Waals surface area contributed by atoms with Gasteiger partial charge in [-0.05, 0) is 37.1 Å². The molecule has 0 unspecified atom stereocenters. The molecule has 1 fully saturated rings. The quantitative estimate of drug-likeness (QED) is 0.537. The summed E-state index contributed by atoms with van der Waals surface area (Å²) in [5.74, 6) is 0.120. The number of aryl methyl sites for hydroxylation is 1. The van der Waals surface area contributed by atoms with E-state index in [-0.39, 0.29) is 11.8 Å². The molecule has 30 heavy (non-hydrogen) atoms. The van der Waals surface area contributed by atoms with Crippen molar-refractivity contribution in [1.29, 1.82) is 0 Å². The van der Waals surface area contributed by atoms with E-state index in [1.807, 2.05) is 49.4 Å². The first-order chi connectivity index (χ1) is 14.6. The van der Waals surface area contributed by atoms with E-state index < -0.39 is 6.17 Å². The number of amides is 1. The third-order valence-corrected chi connectivity index (χ3v) is 5.08. The number of nitrogens with one attached hydrogen (secondary N) is 1. The van der Waals surface area contributed by atoms with Crippen molar-refractivity contribution in [1.82, 2.24) is 19.9 Å². The van der Waals surface area contributed by atoms with Gasteiger partial charge in [-0.15, -0.1) is 0 Å². The van der Waals surface area contributed by atoms with Crippen molar-refractivity contribution < 1.29 is 13.7 Å². The maximum absolute atomic E-state index is 13.2. The minimum absolute atomic E-state index is 0.274. The monoisotopic (exact) mass is 403 g/mol. The van der Waals surface area contributed by atoms with E-state index in [0.717, 1.165) is 11.3 Å². The van der Waals surface area contributed by atoms with Gasteiger partial charge in [0.1, 0.15) is 6.17 Å². The molecular weight excluding hydrogens is 385 g/mol. The van der Waals surface area contributed by atoms with E-state index in [2.05, 4.69) is 20.6 Å². The van der Waals surface area contributed by atoms with Gasteiger partial charge < -0.3 is 9.84 Å². The van der Waals surface area contributed by atoms with Gasteiger partial charge in [0.2, 0.25) is 11.7 Å². The molecule has 0 aliphatic heterocycles. The van der Waals surface area contributed by atoms with Gasteiger partial charge in [0, 0.05) is 17.4 Å². The van der Waals surface area contributed by atoms with E-state index in [1.165, 1.54) is 6.20 Å². The average molecular weight is 403 g/mol. The summed E-state index contributed by atoms with van der Waals surface area (Å²) in [6.45, 7) is 1.90. The van der Waals surface area contributed by atoms with Crippen LogP contribution in [0.3, 0.4) is 0 Å². The van der Waals surface area contributed by atoms with Crippen molar-refractivity contribution in [3.8, 4) is 17.1 Å². The highest BCUT2D eigenvalue weighted by atomic mass is 19.1. The zero-order valence-corrected chi connectivity index (χ0v) is 16.1. The Kier molecular flexibility index (Phi) is 4.39. The number of alkyl halides is 1. The van der Waals surface area contributed by atoms with Crippen LogP contribution >= 0.6 is 0 Å². The number of hydrogen-bond acceptors (Lipinski definition) is 5. The van der Waals surface area contributed by atoms with Gasteiger partial charge >= 0.3 is 0 Å². The van der Waals surface area contributed by atoms with Gasteiger partial charge in [0.15, 0.2) is 0 Å². The molecule has 1 amide bonds. The van der Waals surface area contributed by atoms with Crippen LogP contribution in [0.2, 0.25) is 0 Å². The Hall–Kier alpha value is -3.81. The summed E-state index contributed by atoms with van der Waals surface area (Å²) in [4.78, 5) is 17.0. The van der Waals surface area contributed by atoms with Crippen molar-refractivity contribution in [3.63, 3.8) is 0 Å². The van der Waals surface area contributed by atoms with Crippen molar-refractivity contribution in [2.24, 2.45) is 0 Å². The predicted molar refractivity (Wildman–Crippen MR) is 108 cm³/mol. The molecule has 2 atom stereocenters. The molecule has 2 heterocycles. The Labute approximate surface area is 171 Å². The molecule has 7 nitrogen and oxygen atoms in total. The molecule has 0 saturated heterocycles. The molecular formula is C22H18FN5O2. The molecule has 4 aromatic rings. The van der Waals surface area contributed by atoms with Gasteiger partial charge in [-0.3, -0.25) is 4.79 Å². The molecule has 0 radical (unpaired) electrons. The van der Waals surface area contributed by atoms with Gasteiger partial charge in [0.25, 0.3) is 5.91 Å². The van der Waals surface area contributed by atoms with E-state index >= 15 is 0 Å². The highest BCUT2D eigenvalue weighted by Gasteiger charge is 2.43. The lowest BCUT2D eigenvalue weighted by molar-refractivity contribution is 0.102. The molecule has 2 aromatic carbocycles. The lowest BCUT2D eigenvalue weighted by Gasteiger charge is -2.08. The topological polar surface area (TPSA) is 85.8 Å². The molecule has 0 spiro atoms. The normalized spacial score (nSPS) is 17.7. The first kappa shape index (κ1) is 18.2. The maximum atomic E-state index is 13.2. The molecule has 150 valence electrons. The third-order valence-electron chi connectivity index (χ3n) is 5.08. The fourth-order valence-electron chi connectivity index (χ4n) is 3.17. The molecule has 1 N–H and O–H groups in total. The highest BCUT2D eigenvalue weighted by molar-refractivity contribution is 6.04. The van der Waals surface area contributed by atoms with Crippen molar-refractivity contribution in [3.05, 3.63) is 77.9 Å². The second kappa shape index (κ2) is 7.22. The van der Waals surface area contributed by atoms with Crippen LogP contribution in [-0.2, 0) is 0 Å². The van der Waals surface area contributed by atoms with Crippen LogP contribution in [-0.4, -0.2) is 32.0 Å². The van der Waals surface area contributed by atoms with E-state index in [9.17, 15) is 9.18 Å².